The second kappa shape index (κ2) is 6.29. The summed E-state index contributed by atoms with van der Waals surface area (Å²) in [5.74, 6) is 0.450. The van der Waals surface area contributed by atoms with E-state index in [0.29, 0.717) is 17.2 Å². The number of amides is 1. The van der Waals surface area contributed by atoms with Crippen molar-refractivity contribution in [3.63, 3.8) is 0 Å². The Bertz CT molecular complexity index is 793. The molecule has 3 aliphatic heterocycles. The predicted molar refractivity (Wildman–Crippen MR) is 90.6 cm³/mol. The van der Waals surface area contributed by atoms with Gasteiger partial charge in [-0.15, -0.1) is 0 Å². The van der Waals surface area contributed by atoms with E-state index in [0.717, 1.165) is 32.5 Å². The van der Waals surface area contributed by atoms with Gasteiger partial charge in [-0.3, -0.25) is 14.9 Å². The molecule has 1 aromatic heterocycles. The zero-order valence-electron chi connectivity index (χ0n) is 13.7. The first kappa shape index (κ1) is 15.8. The molecule has 5 rings (SSSR count). The van der Waals surface area contributed by atoms with E-state index in [1.165, 1.54) is 18.3 Å². The summed E-state index contributed by atoms with van der Waals surface area (Å²) in [7, 11) is 0. The maximum absolute atomic E-state index is 12.5. The number of aromatic nitrogens is 2. The van der Waals surface area contributed by atoms with Gasteiger partial charge in [-0.1, -0.05) is 0 Å². The molecule has 1 aromatic carbocycles. The summed E-state index contributed by atoms with van der Waals surface area (Å²) >= 11 is 0. The second-order valence-corrected chi connectivity index (χ2v) is 6.67. The Morgan fingerprint density at radius 3 is 2.56 bits per heavy atom. The van der Waals surface area contributed by atoms with Crippen LogP contribution in [0.4, 0.5) is 5.69 Å². The van der Waals surface area contributed by atoms with Crippen LogP contribution < -0.4 is 5.32 Å². The van der Waals surface area contributed by atoms with Crippen LogP contribution in [0.5, 0.6) is 0 Å². The van der Waals surface area contributed by atoms with Crippen molar-refractivity contribution < 1.29 is 9.72 Å². The van der Waals surface area contributed by atoms with Crippen LogP contribution in [0.3, 0.4) is 0 Å². The molecule has 1 amide bonds. The number of hydrogen-bond acceptors (Lipinski definition) is 5. The van der Waals surface area contributed by atoms with Crippen LogP contribution in [0.15, 0.2) is 36.7 Å². The first-order valence-corrected chi connectivity index (χ1v) is 8.43. The predicted octanol–water partition coefficient (Wildman–Crippen LogP) is 1.60. The molecule has 8 nitrogen and oxygen atoms in total. The van der Waals surface area contributed by atoms with Gasteiger partial charge in [-0.2, -0.15) is 5.10 Å². The van der Waals surface area contributed by atoms with Crippen molar-refractivity contribution in [1.29, 1.82) is 0 Å². The van der Waals surface area contributed by atoms with E-state index in [-0.39, 0.29) is 17.6 Å². The van der Waals surface area contributed by atoms with Gasteiger partial charge in [-0.05, 0) is 44.0 Å². The summed E-state index contributed by atoms with van der Waals surface area (Å²) < 4.78 is 1.55. The Kier molecular flexibility index (Phi) is 3.96. The minimum atomic E-state index is -0.445. The first-order valence-electron chi connectivity index (χ1n) is 8.43. The fourth-order valence-corrected chi connectivity index (χ4v) is 3.69. The molecule has 3 aliphatic rings. The third-order valence-electron chi connectivity index (χ3n) is 5.14. The van der Waals surface area contributed by atoms with Crippen LogP contribution in [-0.4, -0.2) is 51.2 Å². The quantitative estimate of drug-likeness (QED) is 0.673. The van der Waals surface area contributed by atoms with Crippen molar-refractivity contribution in [3.8, 4) is 5.69 Å². The molecule has 0 saturated carbocycles. The van der Waals surface area contributed by atoms with Gasteiger partial charge in [0.2, 0.25) is 0 Å². The smallest absolute Gasteiger partial charge is 0.269 e. The lowest BCUT2D eigenvalue weighted by Crippen LogP contribution is -2.57. The topological polar surface area (TPSA) is 93.3 Å². The average molecular weight is 341 g/mol. The zero-order valence-corrected chi connectivity index (χ0v) is 13.7. The molecule has 0 aliphatic carbocycles. The molecule has 1 N–H and O–H groups in total. The third-order valence-corrected chi connectivity index (χ3v) is 5.14. The number of non-ortho nitro benzene ring substituents is 1. The molecular weight excluding hydrogens is 322 g/mol. The molecule has 3 fully saturated rings. The van der Waals surface area contributed by atoms with Gasteiger partial charge in [0.1, 0.15) is 0 Å². The number of nitro groups is 1. The van der Waals surface area contributed by atoms with Crippen LogP contribution in [0.1, 0.15) is 23.2 Å². The van der Waals surface area contributed by atoms with Crippen LogP contribution in [-0.2, 0) is 0 Å². The Labute approximate surface area is 144 Å². The Balaban J connectivity index is 1.45. The van der Waals surface area contributed by atoms with Crippen LogP contribution in [0, 0.1) is 16.0 Å². The highest BCUT2D eigenvalue weighted by Crippen LogP contribution is 2.27. The van der Waals surface area contributed by atoms with Crippen molar-refractivity contribution in [1.82, 2.24) is 20.0 Å². The van der Waals surface area contributed by atoms with E-state index in [1.54, 1.807) is 23.0 Å². The number of nitrogens with zero attached hydrogens (tertiary/aromatic N) is 4. The highest BCUT2D eigenvalue weighted by molar-refractivity contribution is 5.94. The number of nitrogens with one attached hydrogen (secondary N) is 1. The minimum Gasteiger partial charge on any atom is -0.348 e. The van der Waals surface area contributed by atoms with Crippen LogP contribution in [0.2, 0.25) is 0 Å². The van der Waals surface area contributed by atoms with Gasteiger partial charge >= 0.3 is 0 Å². The summed E-state index contributed by atoms with van der Waals surface area (Å²) in [6.45, 7) is 3.19. The largest absolute Gasteiger partial charge is 0.348 e. The summed E-state index contributed by atoms with van der Waals surface area (Å²) in [5, 5.41) is 18.0. The summed E-state index contributed by atoms with van der Waals surface area (Å²) in [5.41, 5.74) is 1.19. The zero-order chi connectivity index (χ0) is 17.4. The second-order valence-electron chi connectivity index (χ2n) is 6.67. The molecule has 0 radical (unpaired) electrons. The minimum absolute atomic E-state index is 0.0243. The fraction of sp³-hybridized carbons (Fsp3) is 0.412. The number of piperidine rings is 3. The van der Waals surface area contributed by atoms with Crippen molar-refractivity contribution in [2.45, 2.75) is 18.9 Å². The lowest BCUT2D eigenvalue weighted by Gasteiger charge is -2.44. The van der Waals surface area contributed by atoms with E-state index >= 15 is 0 Å². The maximum atomic E-state index is 12.5. The van der Waals surface area contributed by atoms with Gasteiger partial charge in [0.05, 0.1) is 22.4 Å². The Morgan fingerprint density at radius 1 is 1.24 bits per heavy atom. The normalized spacial score (nSPS) is 24.9. The fourth-order valence-electron chi connectivity index (χ4n) is 3.69. The van der Waals surface area contributed by atoms with Gasteiger partial charge < -0.3 is 10.2 Å². The molecule has 8 heteroatoms. The van der Waals surface area contributed by atoms with Crippen LogP contribution >= 0.6 is 0 Å². The third kappa shape index (κ3) is 3.12. The molecule has 25 heavy (non-hydrogen) atoms. The molecule has 2 bridgehead atoms. The SMILES string of the molecule is O=C(N[C@H]1CN2CCC1CC2)c1cnn(-c2ccc([N+](=O)[O-])cc2)c1. The number of benzene rings is 1. The lowest BCUT2D eigenvalue weighted by atomic mass is 9.84. The van der Waals surface area contributed by atoms with Crippen molar-refractivity contribution in [2.24, 2.45) is 5.92 Å². The monoisotopic (exact) mass is 341 g/mol. The molecule has 2 aromatic rings. The van der Waals surface area contributed by atoms with Crippen molar-refractivity contribution >= 4 is 11.6 Å². The molecule has 1 atom stereocenters. The molecule has 4 heterocycles. The van der Waals surface area contributed by atoms with E-state index in [2.05, 4.69) is 15.3 Å². The number of nitro benzene ring substituents is 1. The number of fused-ring (bicyclic) bond motifs is 3. The van der Waals surface area contributed by atoms with Gasteiger partial charge in [0.15, 0.2) is 0 Å². The summed E-state index contributed by atoms with van der Waals surface area (Å²) in [6.07, 6.45) is 5.47. The average Bonchev–Trinajstić information content (AvgIpc) is 3.13. The van der Waals surface area contributed by atoms with Crippen LogP contribution in [0.25, 0.3) is 5.69 Å². The number of rotatable bonds is 4. The summed E-state index contributed by atoms with van der Waals surface area (Å²) in [4.78, 5) is 25.2. The highest BCUT2D eigenvalue weighted by Gasteiger charge is 2.35. The molecule has 130 valence electrons. The van der Waals surface area contributed by atoms with E-state index < -0.39 is 4.92 Å². The Hall–Kier alpha value is -2.74. The molecule has 0 unspecified atom stereocenters. The van der Waals surface area contributed by atoms with E-state index in [4.69, 9.17) is 0 Å². The first-order chi connectivity index (χ1) is 12.1. The van der Waals surface area contributed by atoms with Gasteiger partial charge in [0, 0.05) is 30.9 Å². The van der Waals surface area contributed by atoms with Crippen molar-refractivity contribution in [3.05, 3.63) is 52.3 Å². The van der Waals surface area contributed by atoms with Gasteiger partial charge in [-0.25, -0.2) is 4.68 Å². The standard InChI is InChI=1S/C17H19N5O3/c23-17(19-16-11-20-7-5-12(16)6-8-20)13-9-18-21(10-13)14-1-3-15(4-2-14)22(24)25/h1-4,9-10,12,16H,5-8,11H2,(H,19,23)/t16-/m0/s1. The molecule has 3 saturated heterocycles. The maximum Gasteiger partial charge on any atom is 0.269 e. The number of carbonyl (C=O) groups excluding carboxylic acids is 1. The Morgan fingerprint density at radius 2 is 1.96 bits per heavy atom. The van der Waals surface area contributed by atoms with Crippen molar-refractivity contribution in [2.75, 3.05) is 19.6 Å². The summed E-state index contributed by atoms with van der Waals surface area (Å²) in [6, 6.07) is 6.27. The lowest BCUT2D eigenvalue weighted by molar-refractivity contribution is -0.384. The highest BCUT2D eigenvalue weighted by atomic mass is 16.6. The molecule has 0 spiro atoms. The van der Waals surface area contributed by atoms with E-state index in [1.807, 2.05) is 0 Å². The number of carbonyl (C=O) groups is 1. The van der Waals surface area contributed by atoms with Gasteiger partial charge in [0.25, 0.3) is 11.6 Å². The molecular formula is C17H19N5O3. The number of hydrogen-bond donors (Lipinski definition) is 1. The van der Waals surface area contributed by atoms with E-state index in [9.17, 15) is 14.9 Å².